The summed E-state index contributed by atoms with van der Waals surface area (Å²) >= 11 is 1.44. The number of para-hydroxylation sites is 1. The van der Waals surface area contributed by atoms with E-state index in [-0.39, 0.29) is 18.9 Å². The van der Waals surface area contributed by atoms with Crippen LogP contribution in [0.1, 0.15) is 24.9 Å². The van der Waals surface area contributed by atoms with E-state index in [2.05, 4.69) is 21.8 Å². The van der Waals surface area contributed by atoms with Gasteiger partial charge >= 0.3 is 5.97 Å². The Bertz CT molecular complexity index is 1090. The molecule has 4 rings (SSSR count). The summed E-state index contributed by atoms with van der Waals surface area (Å²) in [6, 6.07) is 7.01. The largest absolute Gasteiger partial charge is 0.496 e. The summed E-state index contributed by atoms with van der Waals surface area (Å²) in [4.78, 5) is 35.0. The number of benzene rings is 1. The molecular formula is C26H32N4O5S. The van der Waals surface area contributed by atoms with Crippen LogP contribution >= 0.6 is 11.8 Å². The standard InChI is InChI=1S/C26H32N4O5S/c1-4-13-35-25(32)23-18(2)28-26-30(24(23)20-7-5-6-8-21(20)33-3)19(17-36-26)16-22(31)27-9-10-29-11-14-34-15-12-29/h4-8,17,24H,1,9-16H2,2-3H3,(H,27,31)/t24-/m0/s1. The monoisotopic (exact) mass is 512 g/mol. The number of nitrogens with zero attached hydrogens (tertiary/aromatic N) is 3. The molecule has 36 heavy (non-hydrogen) atoms. The highest BCUT2D eigenvalue weighted by atomic mass is 32.2. The highest BCUT2D eigenvalue weighted by molar-refractivity contribution is 8.16. The second-order valence-electron chi connectivity index (χ2n) is 8.50. The average molecular weight is 513 g/mol. The number of morpholine rings is 1. The third-order valence-corrected chi connectivity index (χ3v) is 7.07. The van der Waals surface area contributed by atoms with Crippen LogP contribution in [0.25, 0.3) is 0 Å². The maximum Gasteiger partial charge on any atom is 0.338 e. The summed E-state index contributed by atoms with van der Waals surface area (Å²) in [5.74, 6) is 0.0753. The topological polar surface area (TPSA) is 92.7 Å². The SMILES string of the molecule is C=CCOC(=O)C1=C(C)N=C2SC=C(CC(=O)NCCN3CCOCC3)N2[C@H]1c1ccccc1OC. The molecular weight excluding hydrogens is 480 g/mol. The van der Waals surface area contributed by atoms with Crippen molar-refractivity contribution in [2.24, 2.45) is 4.99 Å². The van der Waals surface area contributed by atoms with Gasteiger partial charge in [0.05, 0.1) is 44.1 Å². The van der Waals surface area contributed by atoms with Crippen LogP contribution in [-0.4, -0.2) is 80.0 Å². The zero-order chi connectivity index (χ0) is 25.5. The average Bonchev–Trinajstić information content (AvgIpc) is 3.28. The number of allylic oxidation sites excluding steroid dienone is 1. The highest BCUT2D eigenvalue weighted by Crippen LogP contribution is 2.46. The molecule has 0 radical (unpaired) electrons. The van der Waals surface area contributed by atoms with E-state index in [1.807, 2.05) is 34.6 Å². The molecule has 9 nitrogen and oxygen atoms in total. The van der Waals surface area contributed by atoms with Crippen molar-refractivity contribution in [2.75, 3.05) is 53.1 Å². The minimum atomic E-state index is -0.548. The van der Waals surface area contributed by atoms with E-state index >= 15 is 0 Å². The molecule has 0 saturated carbocycles. The quantitative estimate of drug-likeness (QED) is 0.378. The number of esters is 1. The first kappa shape index (κ1) is 26.0. The summed E-state index contributed by atoms with van der Waals surface area (Å²) in [5.41, 5.74) is 2.54. The molecule has 0 aromatic heterocycles. The van der Waals surface area contributed by atoms with E-state index in [0.29, 0.717) is 28.7 Å². The Morgan fingerprint density at radius 2 is 2.08 bits per heavy atom. The number of hydrogen-bond acceptors (Lipinski definition) is 9. The van der Waals surface area contributed by atoms with Crippen LogP contribution in [0, 0.1) is 0 Å². The molecule has 192 valence electrons. The van der Waals surface area contributed by atoms with Crippen molar-refractivity contribution in [2.45, 2.75) is 19.4 Å². The third kappa shape index (κ3) is 5.83. The number of thioether (sulfide) groups is 1. The fraction of sp³-hybridized carbons (Fsp3) is 0.423. The van der Waals surface area contributed by atoms with E-state index in [1.165, 1.54) is 17.8 Å². The van der Waals surface area contributed by atoms with Gasteiger partial charge in [-0.1, -0.05) is 42.6 Å². The normalized spacial score (nSPS) is 19.8. The Morgan fingerprint density at radius 3 is 2.83 bits per heavy atom. The number of rotatable bonds is 10. The molecule has 0 spiro atoms. The number of carbonyl (C=O) groups excluding carboxylic acids is 2. The molecule has 0 bridgehead atoms. The minimum absolute atomic E-state index is 0.0859. The van der Waals surface area contributed by atoms with E-state index in [9.17, 15) is 9.59 Å². The Hall–Kier alpha value is -3.08. The van der Waals surface area contributed by atoms with Gasteiger partial charge in [-0.15, -0.1) is 0 Å². The molecule has 1 N–H and O–H groups in total. The Labute approximate surface area is 215 Å². The molecule has 3 heterocycles. The summed E-state index contributed by atoms with van der Waals surface area (Å²) in [5, 5.41) is 5.66. The second kappa shape index (κ2) is 12.2. The van der Waals surface area contributed by atoms with E-state index in [4.69, 9.17) is 14.2 Å². The van der Waals surface area contributed by atoms with Crippen molar-refractivity contribution in [1.29, 1.82) is 0 Å². The van der Waals surface area contributed by atoms with Crippen molar-refractivity contribution >= 4 is 28.8 Å². The van der Waals surface area contributed by atoms with E-state index < -0.39 is 12.0 Å². The number of fused-ring (bicyclic) bond motifs is 1. The third-order valence-electron chi connectivity index (χ3n) is 6.18. The molecule has 1 atom stereocenters. The van der Waals surface area contributed by atoms with Gasteiger partial charge in [-0.3, -0.25) is 9.69 Å². The van der Waals surface area contributed by atoms with Crippen molar-refractivity contribution in [3.8, 4) is 5.75 Å². The maximum absolute atomic E-state index is 13.2. The van der Waals surface area contributed by atoms with Gasteiger partial charge in [-0.2, -0.15) is 0 Å². The van der Waals surface area contributed by atoms with Gasteiger partial charge in [-0.25, -0.2) is 9.79 Å². The van der Waals surface area contributed by atoms with Crippen LogP contribution in [0.15, 0.2) is 64.3 Å². The lowest BCUT2D eigenvalue weighted by atomic mass is 9.93. The zero-order valence-electron chi connectivity index (χ0n) is 20.7. The number of methoxy groups -OCH3 is 1. The van der Waals surface area contributed by atoms with E-state index in [1.54, 1.807) is 14.0 Å². The highest BCUT2D eigenvalue weighted by Gasteiger charge is 2.42. The smallest absolute Gasteiger partial charge is 0.338 e. The molecule has 1 saturated heterocycles. The molecule has 3 aliphatic heterocycles. The first-order valence-electron chi connectivity index (χ1n) is 12.0. The molecule has 0 aliphatic carbocycles. The van der Waals surface area contributed by atoms with Gasteiger partial charge in [0, 0.05) is 37.4 Å². The van der Waals surface area contributed by atoms with Crippen LogP contribution < -0.4 is 10.1 Å². The summed E-state index contributed by atoms with van der Waals surface area (Å²) < 4.78 is 16.5. The number of amides is 1. The second-order valence-corrected chi connectivity index (χ2v) is 9.34. The predicted molar refractivity (Wildman–Crippen MR) is 139 cm³/mol. The molecule has 1 aromatic rings. The Balaban J connectivity index is 1.55. The maximum atomic E-state index is 13.2. The van der Waals surface area contributed by atoms with Crippen molar-refractivity contribution in [3.05, 3.63) is 64.9 Å². The number of nitrogens with one attached hydrogen (secondary N) is 1. The van der Waals surface area contributed by atoms with Crippen LogP contribution in [-0.2, 0) is 19.1 Å². The van der Waals surface area contributed by atoms with Gasteiger partial charge < -0.3 is 24.4 Å². The Morgan fingerprint density at radius 1 is 1.31 bits per heavy atom. The van der Waals surface area contributed by atoms with Gasteiger partial charge in [-0.05, 0) is 18.4 Å². The number of carbonyl (C=O) groups is 2. The zero-order valence-corrected chi connectivity index (χ0v) is 21.5. The molecule has 10 heteroatoms. The molecule has 1 amide bonds. The summed E-state index contributed by atoms with van der Waals surface area (Å²) in [6.07, 6.45) is 1.69. The van der Waals surface area contributed by atoms with E-state index in [0.717, 1.165) is 44.1 Å². The minimum Gasteiger partial charge on any atom is -0.496 e. The lowest BCUT2D eigenvalue weighted by molar-refractivity contribution is -0.138. The number of aliphatic imine (C=N–C) groups is 1. The van der Waals surface area contributed by atoms with Gasteiger partial charge in [0.1, 0.15) is 12.4 Å². The molecule has 1 fully saturated rings. The molecule has 0 unspecified atom stereocenters. The number of ether oxygens (including phenoxy) is 3. The van der Waals surface area contributed by atoms with Crippen molar-refractivity contribution in [1.82, 2.24) is 15.1 Å². The predicted octanol–water partition coefficient (Wildman–Crippen LogP) is 2.84. The first-order valence-corrected chi connectivity index (χ1v) is 12.8. The molecule has 1 aromatic carbocycles. The summed E-state index contributed by atoms with van der Waals surface area (Å²) in [6.45, 7) is 10.1. The number of amidine groups is 1. The van der Waals surface area contributed by atoms with Gasteiger partial charge in [0.15, 0.2) is 5.17 Å². The van der Waals surface area contributed by atoms with Gasteiger partial charge in [0.25, 0.3) is 0 Å². The summed E-state index contributed by atoms with van der Waals surface area (Å²) in [7, 11) is 1.60. The van der Waals surface area contributed by atoms with Gasteiger partial charge in [0.2, 0.25) is 5.91 Å². The van der Waals surface area contributed by atoms with Crippen molar-refractivity contribution < 1.29 is 23.8 Å². The fourth-order valence-corrected chi connectivity index (χ4v) is 5.40. The fourth-order valence-electron chi connectivity index (χ4n) is 4.43. The van der Waals surface area contributed by atoms with Crippen LogP contribution in [0.4, 0.5) is 0 Å². The lowest BCUT2D eigenvalue weighted by Gasteiger charge is -2.36. The van der Waals surface area contributed by atoms with Crippen molar-refractivity contribution in [3.63, 3.8) is 0 Å². The number of hydrogen-bond donors (Lipinski definition) is 1. The first-order chi connectivity index (χ1) is 17.5. The van der Waals surface area contributed by atoms with Crippen LogP contribution in [0.3, 0.4) is 0 Å². The van der Waals surface area contributed by atoms with Crippen LogP contribution in [0.2, 0.25) is 0 Å². The Kier molecular flexibility index (Phi) is 8.84. The van der Waals surface area contributed by atoms with Crippen LogP contribution in [0.5, 0.6) is 5.75 Å². The lowest BCUT2D eigenvalue weighted by Crippen LogP contribution is -2.42. The molecule has 3 aliphatic rings.